The van der Waals surface area contributed by atoms with Crippen LogP contribution in [-0.2, 0) is 10.2 Å². The Morgan fingerprint density at radius 2 is 1.85 bits per heavy atom. The molecule has 0 aliphatic carbocycles. The van der Waals surface area contributed by atoms with Gasteiger partial charge in [0.1, 0.15) is 0 Å². The van der Waals surface area contributed by atoms with Crippen molar-refractivity contribution in [3.05, 3.63) is 0 Å². The van der Waals surface area contributed by atoms with Crippen LogP contribution in [0.2, 0.25) is 0 Å². The van der Waals surface area contributed by atoms with E-state index in [2.05, 4.69) is 10.0 Å². The second-order valence-electron chi connectivity index (χ2n) is 3.24. The number of rotatable bonds is 4. The third-order valence-corrected chi connectivity index (χ3v) is 3.86. The highest BCUT2D eigenvalue weighted by Crippen LogP contribution is 2.11. The molecule has 0 bridgehead atoms. The molecule has 1 fully saturated rings. The Bertz CT molecular complexity index is 246. The standard InChI is InChI=1S/C7H17N3O2S/c1-7(8-2)9-13(11,12)10-5-3-4-6-10/h7-9H,3-6H2,1-2H3. The lowest BCUT2D eigenvalue weighted by atomic mass is 10.4. The lowest BCUT2D eigenvalue weighted by Gasteiger charge is -2.19. The maximum atomic E-state index is 11.6. The number of hydrogen-bond acceptors (Lipinski definition) is 3. The lowest BCUT2D eigenvalue weighted by molar-refractivity contribution is 0.446. The summed E-state index contributed by atoms with van der Waals surface area (Å²) in [6.45, 7) is 3.06. The average Bonchev–Trinajstić information content (AvgIpc) is 2.55. The van der Waals surface area contributed by atoms with E-state index in [0.29, 0.717) is 13.1 Å². The second-order valence-corrected chi connectivity index (χ2v) is 4.94. The van der Waals surface area contributed by atoms with E-state index in [4.69, 9.17) is 0 Å². The molecule has 5 nitrogen and oxygen atoms in total. The molecule has 1 atom stereocenters. The molecule has 0 aromatic heterocycles. The van der Waals surface area contributed by atoms with Gasteiger partial charge < -0.3 is 5.32 Å². The van der Waals surface area contributed by atoms with E-state index in [0.717, 1.165) is 12.8 Å². The van der Waals surface area contributed by atoms with E-state index < -0.39 is 10.2 Å². The first-order valence-corrected chi connectivity index (χ1v) is 5.95. The van der Waals surface area contributed by atoms with Crippen LogP contribution in [0.1, 0.15) is 19.8 Å². The quantitative estimate of drug-likeness (QED) is 0.610. The summed E-state index contributed by atoms with van der Waals surface area (Å²) in [5.41, 5.74) is 0. The van der Waals surface area contributed by atoms with Gasteiger partial charge in [-0.05, 0) is 26.8 Å². The highest BCUT2D eigenvalue weighted by atomic mass is 32.2. The van der Waals surface area contributed by atoms with Crippen LogP contribution < -0.4 is 10.0 Å². The van der Waals surface area contributed by atoms with Crippen molar-refractivity contribution in [1.82, 2.24) is 14.3 Å². The molecular weight excluding hydrogens is 190 g/mol. The van der Waals surface area contributed by atoms with Gasteiger partial charge in [-0.25, -0.2) is 0 Å². The lowest BCUT2D eigenvalue weighted by Crippen LogP contribution is -2.47. The van der Waals surface area contributed by atoms with E-state index in [1.54, 1.807) is 14.0 Å². The first-order chi connectivity index (χ1) is 6.06. The number of hydrogen-bond donors (Lipinski definition) is 2. The normalized spacial score (nSPS) is 22.0. The zero-order valence-electron chi connectivity index (χ0n) is 8.08. The van der Waals surface area contributed by atoms with Gasteiger partial charge in [0.15, 0.2) is 0 Å². The molecule has 78 valence electrons. The topological polar surface area (TPSA) is 61.4 Å². The Kier molecular flexibility index (Phi) is 3.66. The van der Waals surface area contributed by atoms with Gasteiger partial charge in [-0.15, -0.1) is 0 Å². The molecule has 0 radical (unpaired) electrons. The summed E-state index contributed by atoms with van der Waals surface area (Å²) in [4.78, 5) is 0. The molecule has 1 heterocycles. The van der Waals surface area contributed by atoms with Crippen molar-refractivity contribution in [2.45, 2.75) is 25.9 Å². The Labute approximate surface area is 79.7 Å². The molecular formula is C7H17N3O2S. The summed E-state index contributed by atoms with van der Waals surface area (Å²) in [6, 6.07) is 0. The van der Waals surface area contributed by atoms with Crippen LogP contribution in [0, 0.1) is 0 Å². The van der Waals surface area contributed by atoms with Crippen LogP contribution in [0.5, 0.6) is 0 Å². The van der Waals surface area contributed by atoms with Crippen molar-refractivity contribution < 1.29 is 8.42 Å². The zero-order chi connectivity index (χ0) is 9.90. The maximum absolute atomic E-state index is 11.6. The zero-order valence-corrected chi connectivity index (χ0v) is 8.89. The molecule has 0 spiro atoms. The smallest absolute Gasteiger partial charge is 0.280 e. The van der Waals surface area contributed by atoms with Crippen molar-refractivity contribution in [1.29, 1.82) is 0 Å². The summed E-state index contributed by atoms with van der Waals surface area (Å²) in [7, 11) is -1.53. The molecule has 1 saturated heterocycles. The van der Waals surface area contributed by atoms with Crippen molar-refractivity contribution in [2.24, 2.45) is 0 Å². The van der Waals surface area contributed by atoms with E-state index in [-0.39, 0.29) is 6.17 Å². The Balaban J connectivity index is 2.54. The highest BCUT2D eigenvalue weighted by molar-refractivity contribution is 7.87. The van der Waals surface area contributed by atoms with Gasteiger partial charge in [-0.2, -0.15) is 17.4 Å². The van der Waals surface area contributed by atoms with Crippen molar-refractivity contribution in [3.63, 3.8) is 0 Å². The molecule has 13 heavy (non-hydrogen) atoms. The SMILES string of the molecule is CNC(C)NS(=O)(=O)N1CCCC1. The monoisotopic (exact) mass is 207 g/mol. The Hall–Kier alpha value is -0.170. The van der Waals surface area contributed by atoms with Crippen molar-refractivity contribution >= 4 is 10.2 Å². The fourth-order valence-electron chi connectivity index (χ4n) is 1.29. The molecule has 1 aliphatic heterocycles. The van der Waals surface area contributed by atoms with Crippen LogP contribution >= 0.6 is 0 Å². The summed E-state index contributed by atoms with van der Waals surface area (Å²) in [5.74, 6) is 0. The molecule has 2 N–H and O–H groups in total. The van der Waals surface area contributed by atoms with Gasteiger partial charge in [-0.1, -0.05) is 0 Å². The second kappa shape index (κ2) is 4.36. The van der Waals surface area contributed by atoms with E-state index >= 15 is 0 Å². The Morgan fingerprint density at radius 3 is 2.31 bits per heavy atom. The van der Waals surface area contributed by atoms with E-state index in [9.17, 15) is 8.42 Å². The van der Waals surface area contributed by atoms with Crippen LogP contribution in [0.25, 0.3) is 0 Å². The van der Waals surface area contributed by atoms with Gasteiger partial charge >= 0.3 is 0 Å². The molecule has 0 amide bonds. The summed E-state index contributed by atoms with van der Waals surface area (Å²) in [5, 5.41) is 2.83. The number of nitrogens with zero attached hydrogens (tertiary/aromatic N) is 1. The first kappa shape index (κ1) is 10.9. The fraction of sp³-hybridized carbons (Fsp3) is 1.00. The predicted molar refractivity (Wildman–Crippen MR) is 51.4 cm³/mol. The molecule has 0 aromatic rings. The van der Waals surface area contributed by atoms with Gasteiger partial charge in [0.2, 0.25) is 0 Å². The third-order valence-electron chi connectivity index (χ3n) is 2.16. The average molecular weight is 207 g/mol. The molecule has 1 rings (SSSR count). The van der Waals surface area contributed by atoms with Gasteiger partial charge in [0.05, 0.1) is 6.17 Å². The third kappa shape index (κ3) is 2.91. The van der Waals surface area contributed by atoms with Crippen molar-refractivity contribution in [3.8, 4) is 0 Å². The van der Waals surface area contributed by atoms with E-state index in [1.165, 1.54) is 4.31 Å². The van der Waals surface area contributed by atoms with Gasteiger partial charge in [0, 0.05) is 13.1 Å². The summed E-state index contributed by atoms with van der Waals surface area (Å²) < 4.78 is 27.2. The minimum Gasteiger partial charge on any atom is -0.304 e. The van der Waals surface area contributed by atoms with Crippen LogP contribution in [0.15, 0.2) is 0 Å². The fourth-order valence-corrected chi connectivity index (χ4v) is 2.74. The minimum atomic E-state index is -3.25. The van der Waals surface area contributed by atoms with Gasteiger partial charge in [-0.3, -0.25) is 0 Å². The maximum Gasteiger partial charge on any atom is 0.280 e. The van der Waals surface area contributed by atoms with Crippen molar-refractivity contribution in [2.75, 3.05) is 20.1 Å². The summed E-state index contributed by atoms with van der Waals surface area (Å²) in [6.07, 6.45) is 1.72. The first-order valence-electron chi connectivity index (χ1n) is 4.51. The van der Waals surface area contributed by atoms with E-state index in [1.807, 2.05) is 0 Å². The minimum absolute atomic E-state index is 0.217. The molecule has 0 aromatic carbocycles. The molecule has 6 heteroatoms. The van der Waals surface area contributed by atoms with Crippen LogP contribution in [0.4, 0.5) is 0 Å². The molecule has 0 saturated carbocycles. The Morgan fingerprint density at radius 1 is 1.31 bits per heavy atom. The largest absolute Gasteiger partial charge is 0.304 e. The van der Waals surface area contributed by atoms with Gasteiger partial charge in [0.25, 0.3) is 10.2 Å². The predicted octanol–water partition coefficient (Wildman–Crippen LogP) is -0.518. The number of nitrogens with one attached hydrogen (secondary N) is 2. The van der Waals surface area contributed by atoms with Crippen LogP contribution in [-0.4, -0.2) is 39.0 Å². The highest BCUT2D eigenvalue weighted by Gasteiger charge is 2.25. The van der Waals surface area contributed by atoms with Crippen LogP contribution in [0.3, 0.4) is 0 Å². The summed E-state index contributed by atoms with van der Waals surface area (Å²) >= 11 is 0. The molecule has 1 unspecified atom stereocenters. The molecule has 1 aliphatic rings.